The van der Waals surface area contributed by atoms with Crippen LogP contribution in [0.2, 0.25) is 0 Å². The number of H-pyrrole nitrogens is 1. The molecule has 130 valence electrons. The number of alkyl halides is 1. The number of pyridine rings is 1. The highest BCUT2D eigenvalue weighted by Gasteiger charge is 2.31. The molecule has 0 aliphatic carbocycles. The number of carbonyl (C=O) groups excluding carboxylic acids is 1. The lowest BCUT2D eigenvalue weighted by Gasteiger charge is -2.37. The molecule has 1 aliphatic heterocycles. The maximum atomic E-state index is 14.4. The third kappa shape index (κ3) is 2.96. The number of halogens is 1. The number of nitrogens with zero attached hydrogens (tertiary/aromatic N) is 2. The van der Waals surface area contributed by atoms with Crippen molar-refractivity contribution in [1.29, 1.82) is 0 Å². The number of aryl methyl sites for hydroxylation is 1. The SMILES string of the molecule is CC(C)N1CC[C@@H](NC(=O)c2cn(C)c(=O)c3[nH]ccc23)[C@@H](F)C1. The van der Waals surface area contributed by atoms with Crippen molar-refractivity contribution < 1.29 is 9.18 Å². The second kappa shape index (κ2) is 6.39. The van der Waals surface area contributed by atoms with Gasteiger partial charge in [-0.2, -0.15) is 0 Å². The summed E-state index contributed by atoms with van der Waals surface area (Å²) < 4.78 is 15.8. The molecule has 1 fully saturated rings. The Hall–Kier alpha value is -2.15. The molecule has 1 saturated heterocycles. The minimum absolute atomic E-state index is 0.194. The average Bonchev–Trinajstić information content (AvgIpc) is 3.02. The van der Waals surface area contributed by atoms with Crippen LogP contribution in [0.1, 0.15) is 30.6 Å². The van der Waals surface area contributed by atoms with Crippen LogP contribution >= 0.6 is 0 Å². The number of piperidine rings is 1. The molecule has 0 saturated carbocycles. The van der Waals surface area contributed by atoms with Gasteiger partial charge in [0.1, 0.15) is 11.7 Å². The molecule has 0 radical (unpaired) electrons. The third-order valence-corrected chi connectivity index (χ3v) is 4.76. The molecule has 2 aromatic heterocycles. The fraction of sp³-hybridized carbons (Fsp3) is 0.529. The van der Waals surface area contributed by atoms with Gasteiger partial charge in [0.15, 0.2) is 0 Å². The molecule has 0 spiro atoms. The molecule has 1 amide bonds. The Balaban J connectivity index is 1.80. The highest BCUT2D eigenvalue weighted by molar-refractivity contribution is 6.06. The number of carbonyl (C=O) groups is 1. The van der Waals surface area contributed by atoms with E-state index in [-0.39, 0.29) is 11.5 Å². The van der Waals surface area contributed by atoms with Crippen molar-refractivity contribution in [3.63, 3.8) is 0 Å². The molecule has 0 unspecified atom stereocenters. The summed E-state index contributed by atoms with van der Waals surface area (Å²) in [6.45, 7) is 5.17. The van der Waals surface area contributed by atoms with E-state index in [1.165, 1.54) is 10.8 Å². The number of fused-ring (bicyclic) bond motifs is 1. The average molecular weight is 334 g/mol. The van der Waals surface area contributed by atoms with Gasteiger partial charge in [-0.05, 0) is 26.3 Å². The Kier molecular flexibility index (Phi) is 4.45. The minimum Gasteiger partial charge on any atom is -0.357 e. The van der Waals surface area contributed by atoms with Gasteiger partial charge in [0.05, 0.1) is 11.6 Å². The van der Waals surface area contributed by atoms with Crippen molar-refractivity contribution in [3.8, 4) is 0 Å². The number of likely N-dealkylation sites (tertiary alicyclic amines) is 1. The first-order valence-electron chi connectivity index (χ1n) is 8.24. The maximum absolute atomic E-state index is 14.4. The highest BCUT2D eigenvalue weighted by atomic mass is 19.1. The molecule has 2 atom stereocenters. The Morgan fingerprint density at radius 1 is 1.46 bits per heavy atom. The molecule has 3 rings (SSSR count). The lowest BCUT2D eigenvalue weighted by atomic mass is 10.0. The van der Waals surface area contributed by atoms with Crippen LogP contribution in [0.5, 0.6) is 0 Å². The second-order valence-corrected chi connectivity index (χ2v) is 6.70. The van der Waals surface area contributed by atoms with Gasteiger partial charge in [0, 0.05) is 44.0 Å². The first-order chi connectivity index (χ1) is 11.4. The summed E-state index contributed by atoms with van der Waals surface area (Å²) in [6, 6.07) is 1.49. The van der Waals surface area contributed by atoms with Crippen molar-refractivity contribution in [1.82, 2.24) is 19.8 Å². The predicted molar refractivity (Wildman–Crippen MR) is 91.0 cm³/mol. The van der Waals surface area contributed by atoms with Crippen LogP contribution in [-0.4, -0.2) is 51.7 Å². The quantitative estimate of drug-likeness (QED) is 0.892. The Bertz CT molecular complexity index is 811. The van der Waals surface area contributed by atoms with Crippen LogP contribution in [0.25, 0.3) is 10.9 Å². The Morgan fingerprint density at radius 3 is 2.88 bits per heavy atom. The monoisotopic (exact) mass is 334 g/mol. The van der Waals surface area contributed by atoms with Crippen molar-refractivity contribution in [2.24, 2.45) is 7.05 Å². The standard InChI is InChI=1S/C17H23FN4O2/c1-10(2)22-7-5-14(13(18)9-22)20-16(23)12-8-21(3)17(24)15-11(12)4-6-19-15/h4,6,8,10,13-14,19H,5,7,9H2,1-3H3,(H,20,23)/t13-,14+/m0/s1. The fourth-order valence-electron chi connectivity index (χ4n) is 3.26. The lowest BCUT2D eigenvalue weighted by molar-refractivity contribution is 0.0695. The normalized spacial score (nSPS) is 22.2. The van der Waals surface area contributed by atoms with E-state index in [0.29, 0.717) is 35.5 Å². The van der Waals surface area contributed by atoms with E-state index in [1.54, 1.807) is 19.3 Å². The number of hydrogen-bond acceptors (Lipinski definition) is 3. The Labute approximate surface area is 139 Å². The summed E-state index contributed by atoms with van der Waals surface area (Å²) in [6.07, 6.45) is 2.61. The van der Waals surface area contributed by atoms with Crippen molar-refractivity contribution in [2.75, 3.05) is 13.1 Å². The number of amides is 1. The molecular weight excluding hydrogens is 311 g/mol. The van der Waals surface area contributed by atoms with Gasteiger partial charge in [0.2, 0.25) is 0 Å². The summed E-state index contributed by atoms with van der Waals surface area (Å²) in [5.74, 6) is -0.346. The van der Waals surface area contributed by atoms with Gasteiger partial charge in [-0.3, -0.25) is 14.5 Å². The van der Waals surface area contributed by atoms with Gasteiger partial charge >= 0.3 is 0 Å². The minimum atomic E-state index is -1.10. The molecule has 0 aromatic carbocycles. The summed E-state index contributed by atoms with van der Waals surface area (Å²) in [5.41, 5.74) is 0.573. The number of nitrogens with one attached hydrogen (secondary N) is 2. The Morgan fingerprint density at radius 2 is 2.21 bits per heavy atom. The first kappa shape index (κ1) is 16.7. The first-order valence-corrected chi connectivity index (χ1v) is 8.24. The number of aromatic amines is 1. The van der Waals surface area contributed by atoms with E-state index < -0.39 is 12.2 Å². The lowest BCUT2D eigenvalue weighted by Crippen LogP contribution is -2.53. The van der Waals surface area contributed by atoms with Gasteiger partial charge in [-0.15, -0.1) is 0 Å². The van der Waals surface area contributed by atoms with E-state index in [1.807, 2.05) is 13.8 Å². The van der Waals surface area contributed by atoms with Gasteiger partial charge in [-0.1, -0.05) is 0 Å². The number of aromatic nitrogens is 2. The number of hydrogen-bond donors (Lipinski definition) is 2. The van der Waals surface area contributed by atoms with E-state index in [2.05, 4.69) is 15.2 Å². The van der Waals surface area contributed by atoms with Crippen LogP contribution in [0.3, 0.4) is 0 Å². The van der Waals surface area contributed by atoms with E-state index in [0.717, 1.165) is 6.54 Å². The van der Waals surface area contributed by atoms with Crippen LogP contribution in [-0.2, 0) is 7.05 Å². The van der Waals surface area contributed by atoms with E-state index in [4.69, 9.17) is 0 Å². The molecule has 7 heteroatoms. The topological polar surface area (TPSA) is 70.1 Å². The largest absolute Gasteiger partial charge is 0.357 e. The molecule has 6 nitrogen and oxygen atoms in total. The maximum Gasteiger partial charge on any atom is 0.274 e. The molecular formula is C17H23FN4O2. The van der Waals surface area contributed by atoms with Crippen LogP contribution in [0.4, 0.5) is 4.39 Å². The van der Waals surface area contributed by atoms with Crippen LogP contribution in [0.15, 0.2) is 23.3 Å². The zero-order valence-electron chi connectivity index (χ0n) is 14.2. The van der Waals surface area contributed by atoms with Crippen molar-refractivity contribution in [3.05, 3.63) is 34.4 Å². The zero-order chi connectivity index (χ0) is 17.4. The van der Waals surface area contributed by atoms with Gasteiger partial charge in [0.25, 0.3) is 11.5 Å². The van der Waals surface area contributed by atoms with Crippen LogP contribution in [0, 0.1) is 0 Å². The summed E-state index contributed by atoms with van der Waals surface area (Å²) >= 11 is 0. The predicted octanol–water partition coefficient (Wildman–Crippen LogP) is 1.42. The van der Waals surface area contributed by atoms with Crippen LogP contribution < -0.4 is 10.9 Å². The van der Waals surface area contributed by atoms with E-state index >= 15 is 0 Å². The zero-order valence-corrected chi connectivity index (χ0v) is 14.2. The summed E-state index contributed by atoms with van der Waals surface area (Å²) in [5, 5.41) is 3.36. The fourth-order valence-corrected chi connectivity index (χ4v) is 3.26. The summed E-state index contributed by atoms with van der Waals surface area (Å²) in [4.78, 5) is 29.6. The van der Waals surface area contributed by atoms with Crippen molar-refractivity contribution >= 4 is 16.8 Å². The highest BCUT2D eigenvalue weighted by Crippen LogP contribution is 2.19. The smallest absolute Gasteiger partial charge is 0.274 e. The van der Waals surface area contributed by atoms with Crippen molar-refractivity contribution in [2.45, 2.75) is 38.5 Å². The van der Waals surface area contributed by atoms with Gasteiger partial charge in [-0.25, -0.2) is 4.39 Å². The molecule has 3 heterocycles. The summed E-state index contributed by atoms with van der Waals surface area (Å²) in [7, 11) is 1.60. The molecule has 24 heavy (non-hydrogen) atoms. The molecule has 0 bridgehead atoms. The molecule has 2 N–H and O–H groups in total. The van der Waals surface area contributed by atoms with E-state index in [9.17, 15) is 14.0 Å². The second-order valence-electron chi connectivity index (χ2n) is 6.70. The molecule has 2 aromatic rings. The van der Waals surface area contributed by atoms with Gasteiger partial charge < -0.3 is 14.9 Å². The molecule has 1 aliphatic rings. The third-order valence-electron chi connectivity index (χ3n) is 4.76. The number of rotatable bonds is 3.